The van der Waals surface area contributed by atoms with E-state index in [1.54, 1.807) is 16.3 Å². The number of ether oxygens (including phenoxy) is 1. The van der Waals surface area contributed by atoms with Crippen LogP contribution in [0.3, 0.4) is 0 Å². The number of hydrogen-bond donors (Lipinski definition) is 1. The van der Waals surface area contributed by atoms with Crippen LogP contribution in [0.1, 0.15) is 19.8 Å². The average Bonchev–Trinajstić information content (AvgIpc) is 2.82. The molecule has 0 radical (unpaired) electrons. The van der Waals surface area contributed by atoms with Crippen molar-refractivity contribution in [2.24, 2.45) is 5.84 Å². The molecule has 1 aromatic heterocycles. The number of fused-ring (bicyclic) bond motifs is 1. The lowest BCUT2D eigenvalue weighted by Gasteiger charge is -2.14. The molecule has 98 valence electrons. The molecule has 1 aromatic carbocycles. The molecule has 4 nitrogen and oxygen atoms in total. The summed E-state index contributed by atoms with van der Waals surface area (Å²) in [6, 6.07) is 8.10. The smallest absolute Gasteiger partial charge is 0.200 e. The van der Waals surface area contributed by atoms with Crippen molar-refractivity contribution in [1.29, 1.82) is 0 Å². The van der Waals surface area contributed by atoms with Gasteiger partial charge in [-0.2, -0.15) is 0 Å². The summed E-state index contributed by atoms with van der Waals surface area (Å²) in [6.07, 6.45) is 2.05. The summed E-state index contributed by atoms with van der Waals surface area (Å²) >= 11 is 1.63. The van der Waals surface area contributed by atoms with E-state index in [0.29, 0.717) is 0 Å². The Bertz CT molecular complexity index is 453. The van der Waals surface area contributed by atoms with Gasteiger partial charge in [0.15, 0.2) is 0 Å². The van der Waals surface area contributed by atoms with Crippen LogP contribution in [-0.4, -0.2) is 24.7 Å². The predicted molar refractivity (Wildman–Crippen MR) is 76.9 cm³/mol. The van der Waals surface area contributed by atoms with Gasteiger partial charge in [-0.1, -0.05) is 23.5 Å². The topological polar surface area (TPSA) is 51.4 Å². The minimum atomic E-state index is 0.782. The maximum absolute atomic E-state index is 6.01. The first kappa shape index (κ1) is 13.3. The third-order valence-corrected chi connectivity index (χ3v) is 3.74. The molecular weight excluding hydrogens is 246 g/mol. The Balaban J connectivity index is 1.86. The quantitative estimate of drug-likeness (QED) is 0.475. The third kappa shape index (κ3) is 3.41. The van der Waals surface area contributed by atoms with Crippen LogP contribution in [0.5, 0.6) is 0 Å². The molecule has 0 aliphatic heterocycles. The lowest BCUT2D eigenvalue weighted by molar-refractivity contribution is 0.144. The lowest BCUT2D eigenvalue weighted by atomic mass is 10.3. The molecule has 2 rings (SSSR count). The van der Waals surface area contributed by atoms with E-state index in [1.165, 1.54) is 4.70 Å². The van der Waals surface area contributed by atoms with Crippen molar-refractivity contribution in [3.8, 4) is 0 Å². The van der Waals surface area contributed by atoms with Gasteiger partial charge in [0, 0.05) is 19.8 Å². The molecule has 0 saturated carbocycles. The zero-order valence-corrected chi connectivity index (χ0v) is 11.4. The van der Waals surface area contributed by atoms with Crippen molar-refractivity contribution in [2.75, 3.05) is 24.8 Å². The summed E-state index contributed by atoms with van der Waals surface area (Å²) in [7, 11) is 0. The Morgan fingerprint density at radius 3 is 2.94 bits per heavy atom. The number of thiazole rings is 1. The number of para-hydroxylation sites is 1. The molecule has 0 spiro atoms. The van der Waals surface area contributed by atoms with Crippen molar-refractivity contribution < 1.29 is 4.74 Å². The van der Waals surface area contributed by atoms with Crippen molar-refractivity contribution in [1.82, 2.24) is 4.98 Å². The summed E-state index contributed by atoms with van der Waals surface area (Å²) in [5.74, 6) is 6.01. The standard InChI is InChI=1S/C13H19N3OS/c1-2-17-10-6-5-9-16(14)13-15-11-7-3-4-8-12(11)18-13/h3-4,7-8H,2,5-6,9-10,14H2,1H3. The third-order valence-electron chi connectivity index (χ3n) is 2.67. The summed E-state index contributed by atoms with van der Waals surface area (Å²) in [5, 5.41) is 2.61. The molecule has 0 aliphatic carbocycles. The fourth-order valence-electron chi connectivity index (χ4n) is 1.71. The average molecular weight is 265 g/mol. The molecule has 0 fully saturated rings. The predicted octanol–water partition coefficient (Wildman–Crippen LogP) is 2.79. The minimum Gasteiger partial charge on any atom is -0.382 e. The molecule has 0 bridgehead atoms. The van der Waals surface area contributed by atoms with Gasteiger partial charge < -0.3 is 4.74 Å². The highest BCUT2D eigenvalue weighted by Crippen LogP contribution is 2.27. The van der Waals surface area contributed by atoms with Crippen LogP contribution >= 0.6 is 11.3 Å². The van der Waals surface area contributed by atoms with Gasteiger partial charge >= 0.3 is 0 Å². The minimum absolute atomic E-state index is 0.782. The fourth-order valence-corrected chi connectivity index (χ4v) is 2.62. The molecule has 0 saturated heterocycles. The van der Waals surface area contributed by atoms with Crippen LogP contribution < -0.4 is 10.9 Å². The molecule has 5 heteroatoms. The Morgan fingerprint density at radius 1 is 1.33 bits per heavy atom. The number of benzene rings is 1. The Kier molecular flexibility index (Phi) is 4.92. The molecule has 2 N–H and O–H groups in total. The van der Waals surface area contributed by atoms with E-state index in [0.717, 1.165) is 43.2 Å². The largest absolute Gasteiger partial charge is 0.382 e. The zero-order valence-electron chi connectivity index (χ0n) is 10.6. The van der Waals surface area contributed by atoms with Gasteiger partial charge in [0.1, 0.15) is 0 Å². The van der Waals surface area contributed by atoms with Crippen LogP contribution in [0.15, 0.2) is 24.3 Å². The number of nitrogens with two attached hydrogens (primary N) is 1. The van der Waals surface area contributed by atoms with Crippen LogP contribution in [-0.2, 0) is 4.74 Å². The summed E-state index contributed by atoms with van der Waals surface area (Å²) < 4.78 is 6.47. The van der Waals surface area contributed by atoms with Crippen LogP contribution in [0.25, 0.3) is 10.2 Å². The van der Waals surface area contributed by atoms with Gasteiger partial charge in [-0.05, 0) is 31.9 Å². The van der Waals surface area contributed by atoms with Gasteiger partial charge in [0.25, 0.3) is 0 Å². The Morgan fingerprint density at radius 2 is 2.17 bits per heavy atom. The zero-order chi connectivity index (χ0) is 12.8. The van der Waals surface area contributed by atoms with Gasteiger partial charge in [-0.25, -0.2) is 10.8 Å². The van der Waals surface area contributed by atoms with E-state index >= 15 is 0 Å². The molecule has 1 heterocycles. The van der Waals surface area contributed by atoms with Crippen LogP contribution in [0, 0.1) is 0 Å². The maximum atomic E-state index is 6.01. The van der Waals surface area contributed by atoms with E-state index in [2.05, 4.69) is 11.1 Å². The van der Waals surface area contributed by atoms with Crippen LogP contribution in [0.4, 0.5) is 5.13 Å². The number of anilines is 1. The van der Waals surface area contributed by atoms with Gasteiger partial charge in [-0.15, -0.1) is 0 Å². The molecule has 0 aliphatic rings. The van der Waals surface area contributed by atoms with E-state index in [4.69, 9.17) is 10.6 Å². The van der Waals surface area contributed by atoms with Crippen LogP contribution in [0.2, 0.25) is 0 Å². The molecule has 0 unspecified atom stereocenters. The number of hydrogen-bond acceptors (Lipinski definition) is 5. The van der Waals surface area contributed by atoms with Crippen molar-refractivity contribution in [2.45, 2.75) is 19.8 Å². The highest BCUT2D eigenvalue weighted by Gasteiger charge is 2.07. The number of aromatic nitrogens is 1. The highest BCUT2D eigenvalue weighted by atomic mass is 32.1. The molecule has 0 amide bonds. The number of nitrogens with zero attached hydrogens (tertiary/aromatic N) is 2. The van der Waals surface area contributed by atoms with E-state index in [-0.39, 0.29) is 0 Å². The molecule has 2 aromatic rings. The fraction of sp³-hybridized carbons (Fsp3) is 0.462. The van der Waals surface area contributed by atoms with E-state index < -0.39 is 0 Å². The van der Waals surface area contributed by atoms with E-state index in [1.807, 2.05) is 25.1 Å². The van der Waals surface area contributed by atoms with Gasteiger partial charge in [0.2, 0.25) is 5.13 Å². The first-order valence-electron chi connectivity index (χ1n) is 6.27. The Labute approximate surface area is 111 Å². The first-order valence-corrected chi connectivity index (χ1v) is 7.08. The highest BCUT2D eigenvalue weighted by molar-refractivity contribution is 7.22. The van der Waals surface area contributed by atoms with Crippen molar-refractivity contribution >= 4 is 26.7 Å². The van der Waals surface area contributed by atoms with Crippen molar-refractivity contribution in [3.05, 3.63) is 24.3 Å². The van der Waals surface area contributed by atoms with E-state index in [9.17, 15) is 0 Å². The second-order valence-electron chi connectivity index (χ2n) is 4.06. The second kappa shape index (κ2) is 6.68. The first-order chi connectivity index (χ1) is 8.81. The monoisotopic (exact) mass is 265 g/mol. The normalized spacial score (nSPS) is 11.0. The summed E-state index contributed by atoms with van der Waals surface area (Å²) in [5.41, 5.74) is 1.02. The molecular formula is C13H19N3OS. The second-order valence-corrected chi connectivity index (χ2v) is 5.07. The summed E-state index contributed by atoms with van der Waals surface area (Å²) in [4.78, 5) is 4.52. The van der Waals surface area contributed by atoms with Crippen molar-refractivity contribution in [3.63, 3.8) is 0 Å². The molecule has 18 heavy (non-hydrogen) atoms. The molecule has 0 atom stereocenters. The number of unbranched alkanes of at least 4 members (excludes halogenated alkanes) is 1. The van der Waals surface area contributed by atoms with Gasteiger partial charge in [0.05, 0.1) is 10.2 Å². The van der Waals surface area contributed by atoms with Gasteiger partial charge in [-0.3, -0.25) is 5.01 Å². The maximum Gasteiger partial charge on any atom is 0.200 e. The number of hydrazine groups is 1. The SMILES string of the molecule is CCOCCCCN(N)c1nc2ccccc2s1. The lowest BCUT2D eigenvalue weighted by Crippen LogP contribution is -2.31. The number of rotatable bonds is 7. The summed E-state index contributed by atoms with van der Waals surface area (Å²) in [6.45, 7) is 4.41. The Hall–Kier alpha value is -1.17.